The van der Waals surface area contributed by atoms with Crippen molar-refractivity contribution < 1.29 is 9.47 Å². The first kappa shape index (κ1) is 17.1. The van der Waals surface area contributed by atoms with Gasteiger partial charge in [0.2, 0.25) is 0 Å². The van der Waals surface area contributed by atoms with E-state index in [4.69, 9.17) is 9.47 Å². The third-order valence-corrected chi connectivity index (χ3v) is 4.76. The molecular formula is C20H30O2. The molecule has 1 fully saturated rings. The number of hydrogen-bond donors (Lipinski definition) is 0. The minimum absolute atomic E-state index is 0.149. The van der Waals surface area contributed by atoms with E-state index >= 15 is 0 Å². The lowest BCUT2D eigenvalue weighted by molar-refractivity contribution is -0.0851. The molecule has 0 saturated heterocycles. The van der Waals surface area contributed by atoms with E-state index in [2.05, 4.69) is 31.2 Å². The van der Waals surface area contributed by atoms with Crippen molar-refractivity contribution >= 4 is 0 Å². The van der Waals surface area contributed by atoms with Crippen molar-refractivity contribution in [3.63, 3.8) is 0 Å². The molecular weight excluding hydrogens is 272 g/mol. The zero-order valence-electron chi connectivity index (χ0n) is 14.3. The summed E-state index contributed by atoms with van der Waals surface area (Å²) in [6.07, 6.45) is 12.7. The Hall–Kier alpha value is -1.28. The maximum Gasteiger partial charge on any atom is 0.200 e. The number of hydrogen-bond acceptors (Lipinski definition) is 2. The van der Waals surface area contributed by atoms with Crippen LogP contribution in [-0.4, -0.2) is 13.4 Å². The number of allylic oxidation sites excluding steroid dienone is 2. The molecule has 1 unspecified atom stereocenters. The van der Waals surface area contributed by atoms with E-state index in [9.17, 15) is 0 Å². The van der Waals surface area contributed by atoms with E-state index < -0.39 is 0 Å². The van der Waals surface area contributed by atoms with Gasteiger partial charge in [0.15, 0.2) is 6.29 Å². The standard InChI is InChI=1S/C20H30O2/c1-4-5-9-17-10-12-18(13-11-17)22-19(21-3)16-20(2)14-7-6-8-15-20/h4-5,10-13,19H,6-9,14-16H2,1-3H3/b5-4-. The van der Waals surface area contributed by atoms with Gasteiger partial charge in [0.1, 0.15) is 5.75 Å². The van der Waals surface area contributed by atoms with Gasteiger partial charge in [-0.1, -0.05) is 50.5 Å². The molecule has 122 valence electrons. The van der Waals surface area contributed by atoms with Crippen LogP contribution in [0.5, 0.6) is 5.75 Å². The molecule has 0 bridgehead atoms. The van der Waals surface area contributed by atoms with Gasteiger partial charge < -0.3 is 9.47 Å². The molecule has 0 amide bonds. The molecule has 1 aromatic rings. The first-order valence-corrected chi connectivity index (χ1v) is 8.55. The van der Waals surface area contributed by atoms with Crippen LogP contribution < -0.4 is 4.74 Å². The van der Waals surface area contributed by atoms with Gasteiger partial charge in [0.05, 0.1) is 0 Å². The zero-order chi connectivity index (χ0) is 15.8. The molecule has 0 aliphatic heterocycles. The largest absolute Gasteiger partial charge is 0.465 e. The van der Waals surface area contributed by atoms with Crippen molar-refractivity contribution in [2.24, 2.45) is 5.41 Å². The molecule has 2 rings (SSSR count). The Morgan fingerprint density at radius 3 is 2.41 bits per heavy atom. The summed E-state index contributed by atoms with van der Waals surface area (Å²) in [4.78, 5) is 0. The molecule has 1 aliphatic rings. The molecule has 0 radical (unpaired) electrons. The molecule has 1 aromatic carbocycles. The normalized spacial score (nSPS) is 19.2. The van der Waals surface area contributed by atoms with E-state index in [0.29, 0.717) is 5.41 Å². The van der Waals surface area contributed by atoms with E-state index in [-0.39, 0.29) is 6.29 Å². The first-order chi connectivity index (χ1) is 10.6. The predicted octanol–water partition coefficient (Wildman–Crippen LogP) is 5.52. The fourth-order valence-electron chi connectivity index (χ4n) is 3.29. The van der Waals surface area contributed by atoms with Crippen LogP contribution in [0.2, 0.25) is 0 Å². The van der Waals surface area contributed by atoms with Gasteiger partial charge in [-0.25, -0.2) is 0 Å². The Morgan fingerprint density at radius 1 is 1.14 bits per heavy atom. The molecule has 0 spiro atoms. The average molecular weight is 302 g/mol. The highest BCUT2D eigenvalue weighted by molar-refractivity contribution is 5.28. The summed E-state index contributed by atoms with van der Waals surface area (Å²) < 4.78 is 11.6. The highest BCUT2D eigenvalue weighted by Crippen LogP contribution is 2.40. The minimum Gasteiger partial charge on any atom is -0.465 e. The summed E-state index contributed by atoms with van der Waals surface area (Å²) in [5, 5.41) is 0. The van der Waals surface area contributed by atoms with Gasteiger partial charge in [0, 0.05) is 13.5 Å². The third kappa shape index (κ3) is 5.17. The molecule has 1 aliphatic carbocycles. The summed E-state index contributed by atoms with van der Waals surface area (Å²) in [5.41, 5.74) is 1.67. The van der Waals surface area contributed by atoms with Gasteiger partial charge in [0.25, 0.3) is 0 Å². The second-order valence-electron chi connectivity index (χ2n) is 6.78. The van der Waals surface area contributed by atoms with Crippen LogP contribution >= 0.6 is 0 Å². The SMILES string of the molecule is C/C=C\Cc1ccc(OC(CC2(C)CCCCC2)OC)cc1. The molecule has 1 atom stereocenters. The summed E-state index contributed by atoms with van der Waals surface area (Å²) in [6, 6.07) is 8.36. The fraction of sp³-hybridized carbons (Fsp3) is 0.600. The number of benzene rings is 1. The van der Waals surface area contributed by atoms with E-state index in [1.165, 1.54) is 37.7 Å². The lowest BCUT2D eigenvalue weighted by Gasteiger charge is -2.36. The van der Waals surface area contributed by atoms with Crippen molar-refractivity contribution in [3.05, 3.63) is 42.0 Å². The van der Waals surface area contributed by atoms with Gasteiger partial charge in [-0.05, 0) is 49.3 Å². The van der Waals surface area contributed by atoms with Crippen LogP contribution in [0.25, 0.3) is 0 Å². The zero-order valence-corrected chi connectivity index (χ0v) is 14.3. The molecule has 1 saturated carbocycles. The van der Waals surface area contributed by atoms with Gasteiger partial charge >= 0.3 is 0 Å². The lowest BCUT2D eigenvalue weighted by Crippen LogP contribution is -2.30. The number of methoxy groups -OCH3 is 1. The summed E-state index contributed by atoms with van der Waals surface area (Å²) in [6.45, 7) is 4.42. The molecule has 0 N–H and O–H groups in total. The van der Waals surface area contributed by atoms with E-state index in [0.717, 1.165) is 18.6 Å². The van der Waals surface area contributed by atoms with Crippen LogP contribution in [0.4, 0.5) is 0 Å². The molecule has 2 nitrogen and oxygen atoms in total. The van der Waals surface area contributed by atoms with Crippen molar-refractivity contribution in [2.75, 3.05) is 7.11 Å². The van der Waals surface area contributed by atoms with Crippen LogP contribution in [0.1, 0.15) is 57.9 Å². The Kier molecular flexibility index (Phi) is 6.50. The quantitative estimate of drug-likeness (QED) is 0.488. The average Bonchev–Trinajstić information content (AvgIpc) is 2.54. The highest BCUT2D eigenvalue weighted by atomic mass is 16.7. The number of ether oxygens (including phenoxy) is 2. The fourth-order valence-corrected chi connectivity index (χ4v) is 3.29. The topological polar surface area (TPSA) is 18.5 Å². The lowest BCUT2D eigenvalue weighted by atomic mass is 9.73. The van der Waals surface area contributed by atoms with Gasteiger partial charge in [-0.2, -0.15) is 0 Å². The Balaban J connectivity index is 1.91. The maximum atomic E-state index is 6.05. The monoisotopic (exact) mass is 302 g/mol. The van der Waals surface area contributed by atoms with Gasteiger partial charge in [-0.3, -0.25) is 0 Å². The summed E-state index contributed by atoms with van der Waals surface area (Å²) in [5.74, 6) is 0.899. The molecule has 2 heteroatoms. The maximum absolute atomic E-state index is 6.05. The predicted molar refractivity (Wildman–Crippen MR) is 92.2 cm³/mol. The van der Waals surface area contributed by atoms with Crippen molar-refractivity contribution in [1.82, 2.24) is 0 Å². The van der Waals surface area contributed by atoms with Crippen LogP contribution in [-0.2, 0) is 11.2 Å². The van der Waals surface area contributed by atoms with Crippen LogP contribution in [0, 0.1) is 5.41 Å². The molecule has 0 aromatic heterocycles. The summed E-state index contributed by atoms with van der Waals surface area (Å²) in [7, 11) is 1.75. The third-order valence-electron chi connectivity index (χ3n) is 4.76. The van der Waals surface area contributed by atoms with E-state index in [1.54, 1.807) is 7.11 Å². The second-order valence-corrected chi connectivity index (χ2v) is 6.78. The molecule has 22 heavy (non-hydrogen) atoms. The summed E-state index contributed by atoms with van der Waals surface area (Å²) >= 11 is 0. The van der Waals surface area contributed by atoms with Crippen LogP contribution in [0.15, 0.2) is 36.4 Å². The van der Waals surface area contributed by atoms with Crippen LogP contribution in [0.3, 0.4) is 0 Å². The Morgan fingerprint density at radius 2 is 1.82 bits per heavy atom. The van der Waals surface area contributed by atoms with Crippen molar-refractivity contribution in [2.45, 2.75) is 65.1 Å². The first-order valence-electron chi connectivity index (χ1n) is 8.55. The molecule has 0 heterocycles. The highest BCUT2D eigenvalue weighted by Gasteiger charge is 2.30. The van der Waals surface area contributed by atoms with Crippen molar-refractivity contribution in [1.29, 1.82) is 0 Å². The number of rotatable bonds is 7. The minimum atomic E-state index is -0.149. The smallest absolute Gasteiger partial charge is 0.200 e. The van der Waals surface area contributed by atoms with E-state index in [1.807, 2.05) is 19.1 Å². The Labute approximate surface area is 135 Å². The van der Waals surface area contributed by atoms with Crippen molar-refractivity contribution in [3.8, 4) is 5.75 Å². The van der Waals surface area contributed by atoms with Gasteiger partial charge in [-0.15, -0.1) is 0 Å². The Bertz CT molecular complexity index is 455. The second kappa shape index (κ2) is 8.38.